The van der Waals surface area contributed by atoms with E-state index in [4.69, 9.17) is 4.74 Å². The van der Waals surface area contributed by atoms with E-state index < -0.39 is 0 Å². The molecule has 2 atom stereocenters. The first-order chi connectivity index (χ1) is 9.22. The molecule has 0 unspecified atom stereocenters. The molecule has 2 saturated heterocycles. The predicted octanol–water partition coefficient (Wildman–Crippen LogP) is 1.75. The zero-order chi connectivity index (χ0) is 13.7. The molecule has 0 aliphatic carbocycles. The van der Waals surface area contributed by atoms with Crippen LogP contribution in [0.2, 0.25) is 0 Å². The summed E-state index contributed by atoms with van der Waals surface area (Å²) in [7, 11) is 2.19. The molecule has 0 saturated carbocycles. The molecule has 1 amide bonds. The van der Waals surface area contributed by atoms with E-state index in [-0.39, 0.29) is 12.5 Å². The Labute approximate surface area is 117 Å². The molecular formula is C15H28N2O2. The van der Waals surface area contributed by atoms with Gasteiger partial charge < -0.3 is 14.5 Å². The molecule has 0 aromatic carbocycles. The third-order valence-electron chi connectivity index (χ3n) is 4.46. The lowest BCUT2D eigenvalue weighted by Gasteiger charge is -2.46. The van der Waals surface area contributed by atoms with E-state index in [9.17, 15) is 4.79 Å². The predicted molar refractivity (Wildman–Crippen MR) is 76.1 cm³/mol. The number of piperidine rings is 2. The number of ether oxygens (including phenoxy) is 1. The Bertz CT molecular complexity index is 296. The van der Waals surface area contributed by atoms with Crippen LogP contribution in [-0.4, -0.2) is 61.6 Å². The van der Waals surface area contributed by atoms with Gasteiger partial charge in [0.1, 0.15) is 6.61 Å². The lowest BCUT2D eigenvalue weighted by Crippen LogP contribution is -2.55. The number of carbonyl (C=O) groups is 1. The van der Waals surface area contributed by atoms with Gasteiger partial charge in [0.15, 0.2) is 0 Å². The van der Waals surface area contributed by atoms with Crippen LogP contribution in [0.15, 0.2) is 0 Å². The van der Waals surface area contributed by atoms with Crippen molar-refractivity contribution in [2.75, 3.05) is 39.9 Å². The number of likely N-dealkylation sites (tertiary alicyclic amines) is 2. The Kier molecular flexibility index (Phi) is 5.64. The fourth-order valence-electron chi connectivity index (χ4n) is 3.38. The Morgan fingerprint density at radius 3 is 2.95 bits per heavy atom. The van der Waals surface area contributed by atoms with Crippen molar-refractivity contribution in [2.24, 2.45) is 5.92 Å². The lowest BCUT2D eigenvalue weighted by molar-refractivity contribution is -0.143. The number of fused-ring (bicyclic) bond motifs is 1. The minimum absolute atomic E-state index is 0.204. The van der Waals surface area contributed by atoms with E-state index >= 15 is 0 Å². The fraction of sp³-hybridized carbons (Fsp3) is 0.933. The van der Waals surface area contributed by atoms with Gasteiger partial charge in [-0.05, 0) is 45.2 Å². The van der Waals surface area contributed by atoms with Crippen molar-refractivity contribution in [3.05, 3.63) is 0 Å². The van der Waals surface area contributed by atoms with Crippen LogP contribution < -0.4 is 0 Å². The number of nitrogens with zero attached hydrogens (tertiary/aromatic N) is 2. The molecule has 2 aliphatic heterocycles. The summed E-state index contributed by atoms with van der Waals surface area (Å²) in [5.41, 5.74) is 0. The molecular weight excluding hydrogens is 240 g/mol. The summed E-state index contributed by atoms with van der Waals surface area (Å²) >= 11 is 0. The quantitative estimate of drug-likeness (QED) is 0.712. The molecule has 4 heteroatoms. The van der Waals surface area contributed by atoms with Gasteiger partial charge in [0.2, 0.25) is 5.91 Å². The highest BCUT2D eigenvalue weighted by molar-refractivity contribution is 5.78. The summed E-state index contributed by atoms with van der Waals surface area (Å²) in [6.07, 6.45) is 5.71. The number of hydrogen-bond donors (Lipinski definition) is 0. The zero-order valence-electron chi connectivity index (χ0n) is 12.4. The first-order valence-electron chi connectivity index (χ1n) is 7.78. The third-order valence-corrected chi connectivity index (χ3v) is 4.46. The Hall–Kier alpha value is -0.610. The van der Waals surface area contributed by atoms with Crippen LogP contribution in [0.3, 0.4) is 0 Å². The average molecular weight is 268 g/mol. The lowest BCUT2D eigenvalue weighted by atomic mass is 9.84. The summed E-state index contributed by atoms with van der Waals surface area (Å²) in [4.78, 5) is 16.8. The number of rotatable bonds is 5. The van der Waals surface area contributed by atoms with Crippen molar-refractivity contribution in [1.82, 2.24) is 9.80 Å². The molecule has 0 aromatic heterocycles. The Morgan fingerprint density at radius 1 is 1.32 bits per heavy atom. The van der Waals surface area contributed by atoms with Gasteiger partial charge in [-0.25, -0.2) is 0 Å². The molecule has 0 bridgehead atoms. The summed E-state index contributed by atoms with van der Waals surface area (Å²) in [5.74, 6) is 0.877. The first-order valence-corrected chi connectivity index (χ1v) is 7.78. The van der Waals surface area contributed by atoms with Crippen molar-refractivity contribution < 1.29 is 9.53 Å². The van der Waals surface area contributed by atoms with Gasteiger partial charge in [-0.2, -0.15) is 0 Å². The standard InChI is InChI=1S/C15H28N2O2/c1-3-4-10-19-12-15(18)17-8-5-6-13-11-16(2)9-7-14(13)17/h13-14H,3-12H2,1-2H3/t13-,14+/m1/s1. The van der Waals surface area contributed by atoms with Gasteiger partial charge in [-0.1, -0.05) is 13.3 Å². The first kappa shape index (κ1) is 14.8. The van der Waals surface area contributed by atoms with Crippen molar-refractivity contribution in [2.45, 2.75) is 45.1 Å². The topological polar surface area (TPSA) is 32.8 Å². The highest BCUT2D eigenvalue weighted by Crippen LogP contribution is 2.30. The molecule has 2 heterocycles. The van der Waals surface area contributed by atoms with Crippen molar-refractivity contribution >= 4 is 5.91 Å². The monoisotopic (exact) mass is 268 g/mol. The maximum Gasteiger partial charge on any atom is 0.248 e. The molecule has 2 fully saturated rings. The fourth-order valence-corrected chi connectivity index (χ4v) is 3.38. The van der Waals surface area contributed by atoms with Gasteiger partial charge in [-0.3, -0.25) is 4.79 Å². The van der Waals surface area contributed by atoms with Gasteiger partial charge in [0, 0.05) is 25.7 Å². The molecule has 2 aliphatic rings. The van der Waals surface area contributed by atoms with Crippen molar-refractivity contribution in [3.8, 4) is 0 Å². The second kappa shape index (κ2) is 7.25. The van der Waals surface area contributed by atoms with Gasteiger partial charge in [-0.15, -0.1) is 0 Å². The summed E-state index contributed by atoms with van der Waals surface area (Å²) in [6, 6.07) is 0.465. The second-order valence-electron chi connectivity index (χ2n) is 6.01. The summed E-state index contributed by atoms with van der Waals surface area (Å²) in [5, 5.41) is 0. The molecule has 0 aromatic rings. The highest BCUT2D eigenvalue weighted by Gasteiger charge is 2.36. The van der Waals surface area contributed by atoms with E-state index in [1.54, 1.807) is 0 Å². The molecule has 0 N–H and O–H groups in total. The third kappa shape index (κ3) is 3.93. The van der Waals surface area contributed by atoms with Crippen molar-refractivity contribution in [1.29, 1.82) is 0 Å². The van der Waals surface area contributed by atoms with Crippen LogP contribution in [-0.2, 0) is 9.53 Å². The van der Waals surface area contributed by atoms with Gasteiger partial charge >= 0.3 is 0 Å². The average Bonchev–Trinajstić information content (AvgIpc) is 2.42. The van der Waals surface area contributed by atoms with E-state index in [1.165, 1.54) is 6.42 Å². The minimum Gasteiger partial charge on any atom is -0.372 e. The SMILES string of the molecule is CCCCOCC(=O)N1CCC[C@@H]2CN(C)CC[C@@H]21. The van der Waals surface area contributed by atoms with Gasteiger partial charge in [0.25, 0.3) is 0 Å². The highest BCUT2D eigenvalue weighted by atomic mass is 16.5. The molecule has 2 rings (SSSR count). The molecule has 4 nitrogen and oxygen atoms in total. The van der Waals surface area contributed by atoms with Crippen LogP contribution in [0.1, 0.15) is 39.0 Å². The normalized spacial score (nSPS) is 28.2. The molecule has 110 valence electrons. The largest absolute Gasteiger partial charge is 0.372 e. The Morgan fingerprint density at radius 2 is 2.16 bits per heavy atom. The van der Waals surface area contributed by atoms with Crippen LogP contribution >= 0.6 is 0 Å². The zero-order valence-corrected chi connectivity index (χ0v) is 12.4. The molecule has 19 heavy (non-hydrogen) atoms. The smallest absolute Gasteiger partial charge is 0.248 e. The van der Waals surface area contributed by atoms with Crippen LogP contribution in [0, 0.1) is 5.92 Å². The van der Waals surface area contributed by atoms with E-state index in [2.05, 4.69) is 23.8 Å². The number of amides is 1. The second-order valence-corrected chi connectivity index (χ2v) is 6.01. The maximum atomic E-state index is 12.3. The van der Waals surface area contributed by atoms with Crippen LogP contribution in [0.4, 0.5) is 0 Å². The number of hydrogen-bond acceptors (Lipinski definition) is 3. The molecule has 0 radical (unpaired) electrons. The van der Waals surface area contributed by atoms with E-state index in [0.717, 1.165) is 45.3 Å². The number of carbonyl (C=O) groups excluding carboxylic acids is 1. The number of unbranched alkanes of at least 4 members (excludes halogenated alkanes) is 1. The van der Waals surface area contributed by atoms with Crippen molar-refractivity contribution in [3.63, 3.8) is 0 Å². The van der Waals surface area contributed by atoms with Crippen LogP contribution in [0.5, 0.6) is 0 Å². The Balaban J connectivity index is 1.82. The van der Waals surface area contributed by atoms with Crippen LogP contribution in [0.25, 0.3) is 0 Å². The van der Waals surface area contributed by atoms with E-state index in [1.807, 2.05) is 0 Å². The summed E-state index contributed by atoms with van der Waals surface area (Å²) < 4.78 is 5.49. The minimum atomic E-state index is 0.204. The summed E-state index contributed by atoms with van der Waals surface area (Å²) in [6.45, 7) is 6.32. The van der Waals surface area contributed by atoms with E-state index in [0.29, 0.717) is 18.6 Å². The van der Waals surface area contributed by atoms with Gasteiger partial charge in [0.05, 0.1) is 0 Å². The molecule has 0 spiro atoms. The maximum absolute atomic E-state index is 12.3.